The summed E-state index contributed by atoms with van der Waals surface area (Å²) in [6.45, 7) is 4.28. The zero-order valence-corrected chi connectivity index (χ0v) is 20.8. The first-order valence-electron chi connectivity index (χ1n) is 10.8. The van der Waals surface area contributed by atoms with Gasteiger partial charge in [0.2, 0.25) is 5.91 Å². The van der Waals surface area contributed by atoms with Crippen LogP contribution in [0.4, 0.5) is 0 Å². The summed E-state index contributed by atoms with van der Waals surface area (Å²) in [5.41, 5.74) is 2.22. The first kappa shape index (κ1) is 24.5. The Morgan fingerprint density at radius 2 is 1.93 bits per heavy atom. The maximum absolute atomic E-state index is 12.7. The molecule has 6 nitrogen and oxygen atoms in total. The van der Waals surface area contributed by atoms with Gasteiger partial charge in [-0.15, -0.1) is 24.0 Å². The van der Waals surface area contributed by atoms with Crippen molar-refractivity contribution < 1.29 is 4.79 Å². The van der Waals surface area contributed by atoms with Crippen LogP contribution in [-0.4, -0.2) is 55.5 Å². The number of halogens is 1. The molecule has 1 aromatic heterocycles. The van der Waals surface area contributed by atoms with Crippen LogP contribution < -0.4 is 10.6 Å². The van der Waals surface area contributed by atoms with E-state index >= 15 is 0 Å². The molecule has 1 saturated carbocycles. The summed E-state index contributed by atoms with van der Waals surface area (Å²) in [6, 6.07) is 8.42. The van der Waals surface area contributed by atoms with E-state index in [0.717, 1.165) is 57.6 Å². The van der Waals surface area contributed by atoms with Gasteiger partial charge in [0, 0.05) is 44.3 Å². The molecule has 3 rings (SSSR count). The molecule has 1 fully saturated rings. The minimum absolute atomic E-state index is 0. The number of aromatic amines is 1. The molecular formula is C23H36IN5O. The lowest BCUT2D eigenvalue weighted by Gasteiger charge is -2.29. The summed E-state index contributed by atoms with van der Waals surface area (Å²) in [7, 11) is 3.70. The van der Waals surface area contributed by atoms with Gasteiger partial charge in [0.1, 0.15) is 0 Å². The minimum atomic E-state index is -0.324. The molecule has 1 amide bonds. The Morgan fingerprint density at radius 3 is 2.63 bits per heavy atom. The van der Waals surface area contributed by atoms with Crippen molar-refractivity contribution in [2.75, 3.05) is 33.7 Å². The van der Waals surface area contributed by atoms with Crippen LogP contribution in [0.2, 0.25) is 0 Å². The summed E-state index contributed by atoms with van der Waals surface area (Å²) in [6.07, 6.45) is 8.25. The smallest absolute Gasteiger partial charge is 0.230 e. The van der Waals surface area contributed by atoms with E-state index in [0.29, 0.717) is 6.54 Å². The molecule has 3 N–H and O–H groups in total. The van der Waals surface area contributed by atoms with Gasteiger partial charge in [-0.1, -0.05) is 31.0 Å². The third kappa shape index (κ3) is 5.89. The number of aliphatic imine (C=N–C) groups is 1. The average molecular weight is 525 g/mol. The van der Waals surface area contributed by atoms with Gasteiger partial charge in [0.25, 0.3) is 0 Å². The van der Waals surface area contributed by atoms with Crippen molar-refractivity contribution in [2.24, 2.45) is 10.4 Å². The van der Waals surface area contributed by atoms with E-state index in [1.807, 2.05) is 14.1 Å². The largest absolute Gasteiger partial charge is 0.361 e. The fourth-order valence-electron chi connectivity index (χ4n) is 4.36. The third-order valence-corrected chi connectivity index (χ3v) is 5.89. The predicted molar refractivity (Wildman–Crippen MR) is 136 cm³/mol. The number of aromatic nitrogens is 1. The van der Waals surface area contributed by atoms with Crippen molar-refractivity contribution in [2.45, 2.75) is 45.4 Å². The summed E-state index contributed by atoms with van der Waals surface area (Å²) in [5.74, 6) is 1.03. The Bertz CT molecular complexity index is 839. The Morgan fingerprint density at radius 1 is 1.20 bits per heavy atom. The predicted octanol–water partition coefficient (Wildman–Crippen LogP) is 3.92. The van der Waals surface area contributed by atoms with Crippen LogP contribution in [0.1, 0.15) is 44.6 Å². The highest BCUT2D eigenvalue weighted by molar-refractivity contribution is 14.0. The maximum atomic E-state index is 12.7. The van der Waals surface area contributed by atoms with E-state index in [9.17, 15) is 4.79 Å². The van der Waals surface area contributed by atoms with Crippen molar-refractivity contribution in [1.82, 2.24) is 20.5 Å². The highest BCUT2D eigenvalue weighted by Crippen LogP contribution is 2.39. The first-order valence-corrected chi connectivity index (χ1v) is 10.8. The van der Waals surface area contributed by atoms with Gasteiger partial charge in [-0.05, 0) is 44.2 Å². The monoisotopic (exact) mass is 525 g/mol. The number of carbonyl (C=O) groups excluding carboxylic acids is 1. The summed E-state index contributed by atoms with van der Waals surface area (Å²) in [4.78, 5) is 22.6. The number of nitrogens with zero attached hydrogens (tertiary/aromatic N) is 2. The van der Waals surface area contributed by atoms with Crippen LogP contribution in [0.15, 0.2) is 35.5 Å². The molecule has 0 saturated heterocycles. The SMILES string of the molecule is CCNC(=NCC1(C(=O)N(C)C)CCCC1)NCCCc1c[nH]c2ccccc12.I. The standard InChI is InChI=1S/C23H35N5O.HI/c1-4-24-22(27-17-23(13-7-8-14-23)21(29)28(2)3)25-15-9-10-18-16-26-20-12-6-5-11-19(18)20;/h5-6,11-12,16,26H,4,7-10,13-15,17H2,1-3H3,(H2,24,25,27);1H. The number of amides is 1. The molecule has 0 aliphatic heterocycles. The summed E-state index contributed by atoms with van der Waals surface area (Å²) < 4.78 is 0. The van der Waals surface area contributed by atoms with Gasteiger partial charge < -0.3 is 20.5 Å². The number of hydrogen-bond acceptors (Lipinski definition) is 2. The number of nitrogens with one attached hydrogen (secondary N) is 3. The van der Waals surface area contributed by atoms with Crippen LogP contribution in [0, 0.1) is 5.41 Å². The molecule has 0 spiro atoms. The summed E-state index contributed by atoms with van der Waals surface area (Å²) in [5, 5.41) is 8.07. The number of para-hydroxylation sites is 1. The minimum Gasteiger partial charge on any atom is -0.361 e. The second-order valence-corrected chi connectivity index (χ2v) is 8.27. The van der Waals surface area contributed by atoms with Gasteiger partial charge >= 0.3 is 0 Å². The Balaban J connectivity index is 0.00000320. The second-order valence-electron chi connectivity index (χ2n) is 8.27. The molecule has 0 atom stereocenters. The van der Waals surface area contributed by atoms with Crippen molar-refractivity contribution in [3.05, 3.63) is 36.0 Å². The van der Waals surface area contributed by atoms with Crippen LogP contribution in [0.5, 0.6) is 0 Å². The zero-order chi connectivity index (χ0) is 20.7. The Kier molecular flexibility index (Phi) is 9.45. The van der Waals surface area contributed by atoms with E-state index < -0.39 is 0 Å². The molecule has 166 valence electrons. The van der Waals surface area contributed by atoms with Gasteiger partial charge in [-0.25, -0.2) is 0 Å². The van der Waals surface area contributed by atoms with Gasteiger partial charge in [-0.3, -0.25) is 9.79 Å². The van der Waals surface area contributed by atoms with E-state index in [-0.39, 0.29) is 35.3 Å². The highest BCUT2D eigenvalue weighted by Gasteiger charge is 2.42. The topological polar surface area (TPSA) is 72.5 Å². The number of rotatable bonds is 8. The number of H-pyrrole nitrogens is 1. The number of fused-ring (bicyclic) bond motifs is 1. The van der Waals surface area contributed by atoms with E-state index in [1.165, 1.54) is 16.5 Å². The Labute approximate surface area is 197 Å². The van der Waals surface area contributed by atoms with Crippen LogP contribution >= 0.6 is 24.0 Å². The molecule has 2 aromatic rings. The van der Waals surface area contributed by atoms with Gasteiger partial charge in [0.15, 0.2) is 5.96 Å². The van der Waals surface area contributed by atoms with E-state index in [2.05, 4.69) is 53.0 Å². The average Bonchev–Trinajstić information content (AvgIpc) is 3.36. The van der Waals surface area contributed by atoms with Crippen LogP contribution in [0.25, 0.3) is 10.9 Å². The lowest BCUT2D eigenvalue weighted by atomic mass is 9.85. The second kappa shape index (κ2) is 11.6. The number of hydrogen-bond donors (Lipinski definition) is 3. The fraction of sp³-hybridized carbons (Fsp3) is 0.565. The van der Waals surface area contributed by atoms with Gasteiger partial charge in [-0.2, -0.15) is 0 Å². The molecule has 0 bridgehead atoms. The van der Waals surface area contributed by atoms with E-state index in [1.54, 1.807) is 4.90 Å². The number of aryl methyl sites for hydroxylation is 1. The van der Waals surface area contributed by atoms with Crippen LogP contribution in [0.3, 0.4) is 0 Å². The molecule has 30 heavy (non-hydrogen) atoms. The van der Waals surface area contributed by atoms with Crippen LogP contribution in [-0.2, 0) is 11.2 Å². The van der Waals surface area contributed by atoms with Gasteiger partial charge in [0.05, 0.1) is 12.0 Å². The molecule has 1 heterocycles. The highest BCUT2D eigenvalue weighted by atomic mass is 127. The fourth-order valence-corrected chi connectivity index (χ4v) is 4.36. The zero-order valence-electron chi connectivity index (χ0n) is 18.5. The lowest BCUT2D eigenvalue weighted by molar-refractivity contribution is -0.138. The first-order chi connectivity index (χ1) is 14.1. The molecule has 0 unspecified atom stereocenters. The van der Waals surface area contributed by atoms with Crippen molar-refractivity contribution in [1.29, 1.82) is 0 Å². The molecule has 0 radical (unpaired) electrons. The normalized spacial score (nSPS) is 15.6. The quantitative estimate of drug-likeness (QED) is 0.212. The molecule has 1 aliphatic rings. The molecule has 1 aromatic carbocycles. The van der Waals surface area contributed by atoms with Crippen molar-refractivity contribution in [3.63, 3.8) is 0 Å². The van der Waals surface area contributed by atoms with Crippen molar-refractivity contribution >= 4 is 46.7 Å². The molecule has 7 heteroatoms. The maximum Gasteiger partial charge on any atom is 0.230 e. The van der Waals surface area contributed by atoms with Crippen molar-refractivity contribution in [3.8, 4) is 0 Å². The number of guanidine groups is 1. The summed E-state index contributed by atoms with van der Waals surface area (Å²) >= 11 is 0. The lowest BCUT2D eigenvalue weighted by Crippen LogP contribution is -2.43. The Hall–Kier alpha value is -1.77. The molecule has 1 aliphatic carbocycles. The third-order valence-electron chi connectivity index (χ3n) is 5.89. The molecular weight excluding hydrogens is 489 g/mol. The number of benzene rings is 1. The number of carbonyl (C=O) groups is 1. The van der Waals surface area contributed by atoms with E-state index in [4.69, 9.17) is 4.99 Å².